The van der Waals surface area contributed by atoms with Crippen LogP contribution in [-0.4, -0.2) is 31.6 Å². The van der Waals surface area contributed by atoms with E-state index in [9.17, 15) is 9.59 Å². The van der Waals surface area contributed by atoms with Crippen molar-refractivity contribution in [3.63, 3.8) is 0 Å². The number of thiazole rings is 1. The molecule has 0 bridgehead atoms. The lowest BCUT2D eigenvalue weighted by atomic mass is 9.80. The van der Waals surface area contributed by atoms with Crippen molar-refractivity contribution in [2.45, 2.75) is 58.7 Å². The van der Waals surface area contributed by atoms with Crippen LogP contribution in [0.15, 0.2) is 29.2 Å². The first kappa shape index (κ1) is 21.6. The molecule has 164 valence electrons. The summed E-state index contributed by atoms with van der Waals surface area (Å²) in [5.74, 6) is 0.508. The second-order valence-corrected chi connectivity index (χ2v) is 10.5. The molecule has 31 heavy (non-hydrogen) atoms. The average Bonchev–Trinajstić information content (AvgIpc) is 3.12. The van der Waals surface area contributed by atoms with E-state index in [1.54, 1.807) is 23.9 Å². The van der Waals surface area contributed by atoms with Crippen molar-refractivity contribution in [1.82, 2.24) is 14.5 Å². The number of carbonyl (C=O) groups excluding carboxylic acids is 1. The number of rotatable bonds is 3. The highest BCUT2D eigenvalue weighted by atomic mass is 32.1. The Hall–Kier alpha value is -2.58. The van der Waals surface area contributed by atoms with E-state index in [1.165, 1.54) is 11.3 Å². The highest BCUT2D eigenvalue weighted by Crippen LogP contribution is 2.39. The molecule has 0 aliphatic carbocycles. The van der Waals surface area contributed by atoms with Crippen molar-refractivity contribution in [3.05, 3.63) is 40.6 Å². The summed E-state index contributed by atoms with van der Waals surface area (Å²) in [6.45, 7) is 9.92. The Balaban J connectivity index is 1.55. The van der Waals surface area contributed by atoms with Crippen LogP contribution < -0.4 is 10.9 Å². The number of fused-ring (bicyclic) bond motifs is 1. The van der Waals surface area contributed by atoms with Gasteiger partial charge in [-0.15, -0.1) is 0 Å². The zero-order valence-corrected chi connectivity index (χ0v) is 19.6. The standard InChI is InChI=1S/C23H28N4O3S/c1-13-25-17-9-14(7-8-16(17)20(29)27(13)6)18-12-24-21(31-18)26-19(28)15-10-22(2,3)30-23(4,5)11-15/h7-9,12,15H,10-11H2,1-6H3,(H,24,26,28). The van der Waals surface area contributed by atoms with Crippen LogP contribution in [0.2, 0.25) is 0 Å². The van der Waals surface area contributed by atoms with Gasteiger partial charge in [0.25, 0.3) is 5.56 Å². The van der Waals surface area contributed by atoms with Crippen LogP contribution in [0.3, 0.4) is 0 Å². The van der Waals surface area contributed by atoms with Gasteiger partial charge in [-0.25, -0.2) is 9.97 Å². The molecule has 1 fully saturated rings. The van der Waals surface area contributed by atoms with Crippen molar-refractivity contribution in [3.8, 4) is 10.4 Å². The molecule has 0 atom stereocenters. The molecule has 1 aliphatic rings. The molecule has 3 aromatic rings. The van der Waals surface area contributed by atoms with E-state index >= 15 is 0 Å². The Bertz CT molecular complexity index is 1210. The third-order valence-corrected chi connectivity index (χ3v) is 6.68. The number of nitrogens with one attached hydrogen (secondary N) is 1. The Morgan fingerprint density at radius 3 is 2.58 bits per heavy atom. The first-order chi connectivity index (χ1) is 14.4. The third kappa shape index (κ3) is 4.41. The number of amides is 1. The zero-order chi connectivity index (χ0) is 22.6. The fourth-order valence-corrected chi connectivity index (χ4v) is 5.30. The van der Waals surface area contributed by atoms with Gasteiger partial charge in [0, 0.05) is 19.2 Å². The lowest BCUT2D eigenvalue weighted by Crippen LogP contribution is -2.48. The Morgan fingerprint density at radius 2 is 1.90 bits per heavy atom. The molecule has 8 heteroatoms. The van der Waals surface area contributed by atoms with Crippen LogP contribution in [0.25, 0.3) is 21.3 Å². The summed E-state index contributed by atoms with van der Waals surface area (Å²) in [5.41, 5.74) is 0.826. The smallest absolute Gasteiger partial charge is 0.261 e. The van der Waals surface area contributed by atoms with Gasteiger partial charge >= 0.3 is 0 Å². The molecular weight excluding hydrogens is 412 g/mol. The summed E-state index contributed by atoms with van der Waals surface area (Å²) >= 11 is 1.41. The van der Waals surface area contributed by atoms with Crippen LogP contribution >= 0.6 is 11.3 Å². The molecule has 0 unspecified atom stereocenters. The van der Waals surface area contributed by atoms with Gasteiger partial charge in [-0.3, -0.25) is 14.2 Å². The van der Waals surface area contributed by atoms with Gasteiger partial charge in [0.2, 0.25) is 5.91 Å². The van der Waals surface area contributed by atoms with E-state index in [1.807, 2.05) is 46.8 Å². The molecule has 1 saturated heterocycles. The van der Waals surface area contributed by atoms with E-state index in [0.29, 0.717) is 34.7 Å². The van der Waals surface area contributed by atoms with Crippen LogP contribution in [0.5, 0.6) is 0 Å². The van der Waals surface area contributed by atoms with Crippen LogP contribution in [0.1, 0.15) is 46.4 Å². The molecule has 1 N–H and O–H groups in total. The number of hydrogen-bond acceptors (Lipinski definition) is 6. The number of aryl methyl sites for hydroxylation is 1. The van der Waals surface area contributed by atoms with Gasteiger partial charge in [-0.05, 0) is 65.2 Å². The summed E-state index contributed by atoms with van der Waals surface area (Å²) in [7, 11) is 1.72. The van der Waals surface area contributed by atoms with E-state index in [2.05, 4.69) is 15.3 Å². The van der Waals surface area contributed by atoms with E-state index < -0.39 is 0 Å². The molecule has 4 rings (SSSR count). The summed E-state index contributed by atoms with van der Waals surface area (Å²) in [6, 6.07) is 5.58. The fraction of sp³-hybridized carbons (Fsp3) is 0.478. The Morgan fingerprint density at radius 1 is 1.23 bits per heavy atom. The number of hydrogen-bond donors (Lipinski definition) is 1. The topological polar surface area (TPSA) is 86.1 Å². The van der Waals surface area contributed by atoms with Crippen molar-refractivity contribution in [2.75, 3.05) is 5.32 Å². The van der Waals surface area contributed by atoms with Gasteiger partial charge in [0.15, 0.2) is 5.13 Å². The molecule has 2 aromatic heterocycles. The second kappa shape index (κ2) is 7.53. The minimum Gasteiger partial charge on any atom is -0.370 e. The number of ether oxygens (including phenoxy) is 1. The lowest BCUT2D eigenvalue weighted by Gasteiger charge is -2.44. The van der Waals surface area contributed by atoms with Crippen LogP contribution in [0, 0.1) is 12.8 Å². The van der Waals surface area contributed by atoms with Crippen molar-refractivity contribution in [2.24, 2.45) is 13.0 Å². The second-order valence-electron chi connectivity index (χ2n) is 9.50. The molecule has 1 aliphatic heterocycles. The fourth-order valence-electron chi connectivity index (χ4n) is 4.48. The number of nitrogens with zero attached hydrogens (tertiary/aromatic N) is 3. The van der Waals surface area contributed by atoms with Crippen LogP contribution in [-0.2, 0) is 16.6 Å². The minimum absolute atomic E-state index is 0.0235. The summed E-state index contributed by atoms with van der Waals surface area (Å²) in [6.07, 6.45) is 3.09. The maximum absolute atomic E-state index is 12.9. The third-order valence-electron chi connectivity index (χ3n) is 5.72. The van der Waals surface area contributed by atoms with E-state index in [-0.39, 0.29) is 28.6 Å². The first-order valence-electron chi connectivity index (χ1n) is 10.4. The van der Waals surface area contributed by atoms with E-state index in [0.717, 1.165) is 10.4 Å². The highest BCUT2D eigenvalue weighted by Gasteiger charge is 2.42. The molecular formula is C23H28N4O3S. The first-order valence-corrected chi connectivity index (χ1v) is 11.2. The molecule has 7 nitrogen and oxygen atoms in total. The lowest BCUT2D eigenvalue weighted by molar-refractivity contribution is -0.176. The quantitative estimate of drug-likeness (QED) is 0.657. The summed E-state index contributed by atoms with van der Waals surface area (Å²) < 4.78 is 7.63. The molecule has 1 aromatic carbocycles. The maximum Gasteiger partial charge on any atom is 0.261 e. The highest BCUT2D eigenvalue weighted by molar-refractivity contribution is 7.19. The van der Waals surface area contributed by atoms with Gasteiger partial charge in [-0.1, -0.05) is 17.4 Å². The van der Waals surface area contributed by atoms with Crippen LogP contribution in [0.4, 0.5) is 5.13 Å². The van der Waals surface area contributed by atoms with Gasteiger partial charge in [0.1, 0.15) is 5.82 Å². The van der Waals surface area contributed by atoms with Gasteiger partial charge in [0.05, 0.1) is 27.0 Å². The van der Waals surface area contributed by atoms with Crippen molar-refractivity contribution < 1.29 is 9.53 Å². The van der Waals surface area contributed by atoms with E-state index in [4.69, 9.17) is 4.74 Å². The van der Waals surface area contributed by atoms with Gasteiger partial charge < -0.3 is 10.1 Å². The molecule has 3 heterocycles. The normalized spacial score (nSPS) is 18.3. The molecule has 0 spiro atoms. The monoisotopic (exact) mass is 440 g/mol. The summed E-state index contributed by atoms with van der Waals surface area (Å²) in [5, 5.41) is 4.13. The summed E-state index contributed by atoms with van der Waals surface area (Å²) in [4.78, 5) is 35.2. The average molecular weight is 441 g/mol. The predicted octanol–water partition coefficient (Wildman–Crippen LogP) is 4.29. The number of anilines is 1. The maximum atomic E-state index is 12.9. The number of aromatic nitrogens is 3. The number of carbonyl (C=O) groups is 1. The molecule has 1 amide bonds. The van der Waals surface area contributed by atoms with Gasteiger partial charge in [-0.2, -0.15) is 0 Å². The SMILES string of the molecule is Cc1nc2cc(-c3cnc(NC(=O)C4CC(C)(C)OC(C)(C)C4)s3)ccc2c(=O)n1C. The predicted molar refractivity (Wildman–Crippen MR) is 123 cm³/mol. The zero-order valence-electron chi connectivity index (χ0n) is 18.8. The minimum atomic E-state index is -0.342. The molecule has 0 saturated carbocycles. The molecule has 0 radical (unpaired) electrons. The number of benzene rings is 1. The Labute approximate surface area is 185 Å². The van der Waals surface area contributed by atoms with Crippen molar-refractivity contribution >= 4 is 33.3 Å². The largest absolute Gasteiger partial charge is 0.370 e. The van der Waals surface area contributed by atoms with Crippen molar-refractivity contribution in [1.29, 1.82) is 0 Å². The Kier molecular flexibility index (Phi) is 5.26.